The van der Waals surface area contributed by atoms with Crippen LogP contribution < -0.4 is 4.74 Å². The first-order valence-electron chi connectivity index (χ1n) is 9.55. The van der Waals surface area contributed by atoms with Crippen molar-refractivity contribution in [1.29, 1.82) is 0 Å². The van der Waals surface area contributed by atoms with Crippen LogP contribution in [0.4, 0.5) is 5.69 Å². The second-order valence-electron chi connectivity index (χ2n) is 7.18. The van der Waals surface area contributed by atoms with E-state index in [1.165, 1.54) is 0 Å². The van der Waals surface area contributed by atoms with Crippen LogP contribution in [0.3, 0.4) is 0 Å². The van der Waals surface area contributed by atoms with Gasteiger partial charge in [0, 0.05) is 11.1 Å². The lowest BCUT2D eigenvalue weighted by molar-refractivity contribution is -0.141. The maximum absolute atomic E-state index is 5.72. The van der Waals surface area contributed by atoms with Gasteiger partial charge < -0.3 is 14.2 Å². The molecule has 0 bridgehead atoms. The van der Waals surface area contributed by atoms with Crippen molar-refractivity contribution >= 4 is 11.4 Å². The van der Waals surface area contributed by atoms with Crippen molar-refractivity contribution in [3.8, 4) is 6.01 Å². The molecule has 2 aromatic carbocycles. The zero-order valence-electron chi connectivity index (χ0n) is 16.5. The second kappa shape index (κ2) is 8.51. The minimum Gasteiger partial charge on any atom is -0.461 e. The molecule has 0 amide bonds. The van der Waals surface area contributed by atoms with Crippen LogP contribution in [0.25, 0.3) is 0 Å². The molecule has 148 valence electrons. The molecule has 0 N–H and O–H groups in total. The largest absolute Gasteiger partial charge is 0.461 e. The SMILES string of the molecule is CC1(C)OCC(COc2ncc(N=C(c3ccccc3)c3ccccc3)cn2)O1. The summed E-state index contributed by atoms with van der Waals surface area (Å²) in [6.45, 7) is 4.60. The molecule has 0 aliphatic carbocycles. The molecular formula is C23H23N3O3. The Morgan fingerprint density at radius 3 is 2.10 bits per heavy atom. The van der Waals surface area contributed by atoms with Crippen molar-refractivity contribution in [1.82, 2.24) is 9.97 Å². The summed E-state index contributed by atoms with van der Waals surface area (Å²) in [6, 6.07) is 20.4. The maximum atomic E-state index is 5.72. The average Bonchev–Trinajstić information content (AvgIpc) is 3.11. The molecule has 4 rings (SSSR count). The fourth-order valence-corrected chi connectivity index (χ4v) is 3.07. The van der Waals surface area contributed by atoms with Crippen molar-refractivity contribution in [2.45, 2.75) is 25.7 Å². The second-order valence-corrected chi connectivity index (χ2v) is 7.18. The predicted octanol–water partition coefficient (Wildman–Crippen LogP) is 4.18. The Balaban J connectivity index is 1.50. The van der Waals surface area contributed by atoms with Gasteiger partial charge in [-0.3, -0.25) is 0 Å². The first-order chi connectivity index (χ1) is 14.1. The number of hydrogen-bond acceptors (Lipinski definition) is 6. The molecule has 3 aromatic rings. The quantitative estimate of drug-likeness (QED) is 0.592. The van der Waals surface area contributed by atoms with Gasteiger partial charge in [0.2, 0.25) is 0 Å². The van der Waals surface area contributed by atoms with Gasteiger partial charge in [-0.05, 0) is 13.8 Å². The molecule has 1 unspecified atom stereocenters. The van der Waals surface area contributed by atoms with Crippen LogP contribution in [0, 0.1) is 0 Å². The van der Waals surface area contributed by atoms with Gasteiger partial charge in [0.1, 0.15) is 18.4 Å². The summed E-state index contributed by atoms with van der Waals surface area (Å²) in [5.74, 6) is -0.571. The van der Waals surface area contributed by atoms with Gasteiger partial charge in [-0.15, -0.1) is 0 Å². The van der Waals surface area contributed by atoms with E-state index in [9.17, 15) is 0 Å². The lowest BCUT2D eigenvalue weighted by Crippen LogP contribution is -2.25. The number of nitrogens with zero attached hydrogens (tertiary/aromatic N) is 3. The van der Waals surface area contributed by atoms with Crippen LogP contribution in [-0.2, 0) is 9.47 Å². The van der Waals surface area contributed by atoms with E-state index in [4.69, 9.17) is 19.2 Å². The van der Waals surface area contributed by atoms with Crippen LogP contribution in [0.2, 0.25) is 0 Å². The maximum Gasteiger partial charge on any atom is 0.316 e. The Labute approximate surface area is 170 Å². The molecule has 29 heavy (non-hydrogen) atoms. The van der Waals surface area contributed by atoms with Crippen LogP contribution in [0.15, 0.2) is 78.0 Å². The van der Waals surface area contributed by atoms with Gasteiger partial charge in [-0.25, -0.2) is 15.0 Å². The third kappa shape index (κ3) is 5.04. The molecule has 1 aliphatic rings. The van der Waals surface area contributed by atoms with Gasteiger partial charge in [0.15, 0.2) is 5.79 Å². The summed E-state index contributed by atoms with van der Waals surface area (Å²) in [5.41, 5.74) is 3.57. The summed E-state index contributed by atoms with van der Waals surface area (Å²) in [4.78, 5) is 13.3. The smallest absolute Gasteiger partial charge is 0.316 e. The van der Waals surface area contributed by atoms with Crippen molar-refractivity contribution in [2.75, 3.05) is 13.2 Å². The number of aliphatic imine (C=N–C) groups is 1. The zero-order valence-corrected chi connectivity index (χ0v) is 16.5. The molecule has 1 fully saturated rings. The highest BCUT2D eigenvalue weighted by atomic mass is 16.7. The summed E-state index contributed by atoms with van der Waals surface area (Å²) in [6.07, 6.45) is 3.18. The molecular weight excluding hydrogens is 366 g/mol. The minimum atomic E-state index is -0.571. The number of benzene rings is 2. The fraction of sp³-hybridized carbons (Fsp3) is 0.261. The van der Waals surface area contributed by atoms with Gasteiger partial charge in [0.05, 0.1) is 24.7 Å². The Kier molecular flexibility index (Phi) is 5.64. The van der Waals surface area contributed by atoms with Crippen LogP contribution in [0.1, 0.15) is 25.0 Å². The Bertz CT molecular complexity index is 916. The van der Waals surface area contributed by atoms with E-state index >= 15 is 0 Å². The molecule has 0 spiro atoms. The summed E-state index contributed by atoms with van der Waals surface area (Å²) in [5, 5.41) is 0. The topological polar surface area (TPSA) is 65.8 Å². The van der Waals surface area contributed by atoms with Crippen molar-refractivity contribution in [2.24, 2.45) is 4.99 Å². The van der Waals surface area contributed by atoms with Crippen LogP contribution >= 0.6 is 0 Å². The number of hydrogen-bond donors (Lipinski definition) is 0. The molecule has 1 aliphatic heterocycles. The number of aromatic nitrogens is 2. The van der Waals surface area contributed by atoms with Gasteiger partial charge >= 0.3 is 6.01 Å². The van der Waals surface area contributed by atoms with Gasteiger partial charge in [-0.2, -0.15) is 0 Å². The van der Waals surface area contributed by atoms with E-state index in [1.807, 2.05) is 74.5 Å². The van der Waals surface area contributed by atoms with Crippen LogP contribution in [-0.4, -0.2) is 40.8 Å². The Morgan fingerprint density at radius 2 is 1.59 bits per heavy atom. The number of ether oxygens (including phenoxy) is 3. The summed E-state index contributed by atoms with van der Waals surface area (Å²) >= 11 is 0. The first kappa shape index (κ1) is 19.2. The van der Waals surface area contributed by atoms with E-state index in [2.05, 4.69) is 9.97 Å². The molecule has 0 saturated carbocycles. The van der Waals surface area contributed by atoms with E-state index < -0.39 is 5.79 Å². The highest BCUT2D eigenvalue weighted by Gasteiger charge is 2.33. The number of rotatable bonds is 6. The first-order valence-corrected chi connectivity index (χ1v) is 9.55. The van der Waals surface area contributed by atoms with Crippen molar-refractivity contribution in [3.63, 3.8) is 0 Å². The van der Waals surface area contributed by atoms with E-state index in [1.54, 1.807) is 12.4 Å². The van der Waals surface area contributed by atoms with E-state index in [0.29, 0.717) is 24.9 Å². The molecule has 6 heteroatoms. The molecule has 1 aromatic heterocycles. The minimum absolute atomic E-state index is 0.130. The lowest BCUT2D eigenvalue weighted by atomic mass is 10.0. The zero-order chi connectivity index (χ0) is 20.1. The average molecular weight is 389 g/mol. The third-order valence-corrected chi connectivity index (χ3v) is 4.42. The van der Waals surface area contributed by atoms with Gasteiger partial charge in [-0.1, -0.05) is 60.7 Å². The van der Waals surface area contributed by atoms with Gasteiger partial charge in [0.25, 0.3) is 0 Å². The predicted molar refractivity (Wildman–Crippen MR) is 111 cm³/mol. The lowest BCUT2D eigenvalue weighted by Gasteiger charge is -2.16. The van der Waals surface area contributed by atoms with Crippen molar-refractivity contribution in [3.05, 3.63) is 84.2 Å². The highest BCUT2D eigenvalue weighted by Crippen LogP contribution is 2.23. The van der Waals surface area contributed by atoms with Crippen molar-refractivity contribution < 1.29 is 14.2 Å². The van der Waals surface area contributed by atoms with Crippen LogP contribution in [0.5, 0.6) is 6.01 Å². The molecule has 6 nitrogen and oxygen atoms in total. The van der Waals surface area contributed by atoms with E-state index in [-0.39, 0.29) is 6.10 Å². The molecule has 0 radical (unpaired) electrons. The normalized spacial score (nSPS) is 17.7. The molecule has 1 atom stereocenters. The Hall–Kier alpha value is -3.09. The Morgan fingerprint density at radius 1 is 1.00 bits per heavy atom. The third-order valence-electron chi connectivity index (χ3n) is 4.42. The fourth-order valence-electron chi connectivity index (χ4n) is 3.07. The highest BCUT2D eigenvalue weighted by molar-refractivity contribution is 6.13. The molecule has 2 heterocycles. The molecule has 1 saturated heterocycles. The monoisotopic (exact) mass is 389 g/mol. The summed E-state index contributed by atoms with van der Waals surface area (Å²) in [7, 11) is 0. The van der Waals surface area contributed by atoms with E-state index in [0.717, 1.165) is 16.8 Å². The standard InChI is InChI=1S/C23H23N3O3/c1-23(2)28-16-20(29-23)15-27-22-24-13-19(14-25-22)26-21(17-9-5-3-6-10-17)18-11-7-4-8-12-18/h3-14,20H,15-16H2,1-2H3. The summed E-state index contributed by atoms with van der Waals surface area (Å²) < 4.78 is 16.9.